The number of rotatable bonds is 2. The van der Waals surface area contributed by atoms with Gasteiger partial charge in [0.1, 0.15) is 5.82 Å². The Labute approximate surface area is 163 Å². The molecule has 1 aromatic rings. The molecule has 148 valence electrons. The normalized spacial score (nSPS) is 23.5. The number of fused-ring (bicyclic) bond motifs is 1. The van der Waals surface area contributed by atoms with E-state index in [1.165, 1.54) is 18.0 Å². The van der Waals surface area contributed by atoms with E-state index in [2.05, 4.69) is 21.5 Å². The van der Waals surface area contributed by atoms with Crippen molar-refractivity contribution in [1.29, 1.82) is 0 Å². The molecule has 2 saturated heterocycles. The first-order valence-electron chi connectivity index (χ1n) is 9.33. The highest BCUT2D eigenvalue weighted by Gasteiger charge is 2.55. The minimum atomic E-state index is -0.734. The van der Waals surface area contributed by atoms with Crippen LogP contribution in [0.2, 0.25) is 0 Å². The van der Waals surface area contributed by atoms with Gasteiger partial charge in [-0.15, -0.1) is 0 Å². The molecular weight excluding hydrogens is 363 g/mol. The van der Waals surface area contributed by atoms with Crippen LogP contribution >= 0.6 is 0 Å². The van der Waals surface area contributed by atoms with Crippen LogP contribution in [0.5, 0.6) is 0 Å². The Morgan fingerprint density at radius 3 is 2.46 bits per heavy atom. The van der Waals surface area contributed by atoms with Crippen LogP contribution in [-0.4, -0.2) is 101 Å². The number of guanidine groups is 1. The van der Waals surface area contributed by atoms with Crippen molar-refractivity contribution in [2.45, 2.75) is 12.6 Å². The largest absolute Gasteiger partial charge is 0.392 e. The molecule has 0 radical (unpaired) electrons. The maximum absolute atomic E-state index is 14.3. The monoisotopic (exact) mass is 387 g/mol. The van der Waals surface area contributed by atoms with Gasteiger partial charge in [0.15, 0.2) is 0 Å². The molecule has 1 atom stereocenters. The summed E-state index contributed by atoms with van der Waals surface area (Å²) in [6.45, 7) is 3.45. The highest BCUT2D eigenvalue weighted by atomic mass is 19.1. The maximum atomic E-state index is 14.3. The molecule has 8 nitrogen and oxygen atoms in total. The third kappa shape index (κ3) is 2.95. The predicted octanol–water partition coefficient (Wildman–Crippen LogP) is 0.246. The third-order valence-electron chi connectivity index (χ3n) is 5.59. The van der Waals surface area contributed by atoms with Crippen LogP contribution in [0.4, 0.5) is 9.18 Å². The first-order chi connectivity index (χ1) is 13.4. The van der Waals surface area contributed by atoms with Crippen molar-refractivity contribution in [1.82, 2.24) is 19.6 Å². The fourth-order valence-corrected chi connectivity index (χ4v) is 3.82. The molecule has 0 N–H and O–H groups in total. The molecule has 9 heteroatoms. The van der Waals surface area contributed by atoms with Crippen molar-refractivity contribution in [3.8, 4) is 0 Å². The Morgan fingerprint density at radius 1 is 1.11 bits per heavy atom. The highest BCUT2D eigenvalue weighted by Crippen LogP contribution is 2.25. The first-order valence-corrected chi connectivity index (χ1v) is 9.33. The molecule has 3 amide bonds. The van der Waals surface area contributed by atoms with E-state index in [1.54, 1.807) is 25.2 Å². The lowest BCUT2D eigenvalue weighted by molar-refractivity contribution is -0.544. The smallest absolute Gasteiger partial charge is 0.300 e. The number of nitrogens with zero attached hydrogens (tertiary/aromatic N) is 6. The number of imide groups is 1. The topological polar surface area (TPSA) is 62.5 Å². The van der Waals surface area contributed by atoms with Crippen molar-refractivity contribution in [3.05, 3.63) is 35.6 Å². The number of piperazine rings is 1. The van der Waals surface area contributed by atoms with Crippen molar-refractivity contribution in [3.63, 3.8) is 0 Å². The number of urea groups is 1. The van der Waals surface area contributed by atoms with E-state index in [0.29, 0.717) is 17.4 Å². The van der Waals surface area contributed by atoms with E-state index in [4.69, 9.17) is 0 Å². The zero-order valence-corrected chi connectivity index (χ0v) is 16.3. The summed E-state index contributed by atoms with van der Waals surface area (Å²) in [5.74, 6) is 0.357. The summed E-state index contributed by atoms with van der Waals surface area (Å²) in [7, 11) is 5.14. The number of halogens is 1. The molecule has 0 aromatic heterocycles. The van der Waals surface area contributed by atoms with Gasteiger partial charge in [-0.3, -0.25) is 19.2 Å². The molecule has 1 aromatic carbocycles. The molecule has 0 aliphatic carbocycles. The van der Waals surface area contributed by atoms with Gasteiger partial charge in [-0.25, -0.2) is 14.1 Å². The van der Waals surface area contributed by atoms with Crippen LogP contribution in [0.1, 0.15) is 5.56 Å². The molecule has 3 aliphatic rings. The van der Waals surface area contributed by atoms with Gasteiger partial charge in [0, 0.05) is 32.7 Å². The van der Waals surface area contributed by atoms with Gasteiger partial charge in [-0.05, 0) is 13.1 Å². The molecule has 0 spiro atoms. The number of likely N-dealkylation sites (N-methyl/N-ethyl adjacent to an activating group) is 3. The molecule has 0 bridgehead atoms. The highest BCUT2D eigenvalue weighted by molar-refractivity contribution is 6.25. The molecule has 1 unspecified atom stereocenters. The van der Waals surface area contributed by atoms with Gasteiger partial charge >= 0.3 is 12.0 Å². The van der Waals surface area contributed by atoms with E-state index < -0.39 is 12.1 Å². The molecule has 0 saturated carbocycles. The van der Waals surface area contributed by atoms with Gasteiger partial charge in [-0.2, -0.15) is 0 Å². The van der Waals surface area contributed by atoms with E-state index in [9.17, 15) is 14.0 Å². The number of hydrogen-bond donors (Lipinski definition) is 0. The van der Waals surface area contributed by atoms with Crippen molar-refractivity contribution >= 4 is 23.7 Å². The lowest BCUT2D eigenvalue weighted by atomic mass is 10.1. The average molecular weight is 387 g/mol. The lowest BCUT2D eigenvalue weighted by Crippen LogP contribution is -2.62. The van der Waals surface area contributed by atoms with Crippen LogP contribution in [0.3, 0.4) is 0 Å². The fourth-order valence-electron chi connectivity index (χ4n) is 3.82. The third-order valence-corrected chi connectivity index (χ3v) is 5.59. The number of benzene rings is 1. The summed E-state index contributed by atoms with van der Waals surface area (Å²) in [6, 6.07) is 5.39. The second-order valence-corrected chi connectivity index (χ2v) is 7.42. The molecule has 4 rings (SSSR count). The standard InChI is InChI=1S/C19H24FN6O2/c1-22-8-10-25(11-9-22)18-21-16-15(17(27)24(3)19(28)23(16)2)26(18)12-13-6-4-5-7-14(13)20/h4-7,15H,8-12H2,1-3H3/q+1. The summed E-state index contributed by atoms with van der Waals surface area (Å²) in [5.41, 5.74) is 0.487. The van der Waals surface area contributed by atoms with Gasteiger partial charge in [0.2, 0.25) is 11.9 Å². The van der Waals surface area contributed by atoms with Crippen LogP contribution in [0.15, 0.2) is 29.3 Å². The first kappa shape index (κ1) is 18.5. The van der Waals surface area contributed by atoms with Gasteiger partial charge in [0.05, 0.1) is 19.6 Å². The van der Waals surface area contributed by atoms with E-state index in [1.807, 2.05) is 4.90 Å². The number of hydrogen-bond acceptors (Lipinski definition) is 3. The summed E-state index contributed by atoms with van der Waals surface area (Å²) in [5, 5.41) is 0. The molecule has 3 aliphatic heterocycles. The summed E-state index contributed by atoms with van der Waals surface area (Å²) >= 11 is 0. The van der Waals surface area contributed by atoms with Gasteiger partial charge < -0.3 is 4.90 Å². The Balaban J connectivity index is 1.78. The lowest BCUT2D eigenvalue weighted by Gasteiger charge is -2.33. The Kier molecular flexibility index (Phi) is 4.62. The molecule has 28 heavy (non-hydrogen) atoms. The van der Waals surface area contributed by atoms with Crippen molar-refractivity contribution < 1.29 is 18.6 Å². The second kappa shape index (κ2) is 6.97. The summed E-state index contributed by atoms with van der Waals surface area (Å²) in [6.07, 6.45) is 0. The van der Waals surface area contributed by atoms with E-state index in [-0.39, 0.29) is 18.3 Å². The molecule has 3 heterocycles. The van der Waals surface area contributed by atoms with Crippen LogP contribution in [-0.2, 0) is 11.3 Å². The minimum Gasteiger partial charge on any atom is -0.300 e. The Hall–Kier alpha value is -2.81. The Morgan fingerprint density at radius 2 is 1.79 bits per heavy atom. The van der Waals surface area contributed by atoms with Crippen molar-refractivity contribution in [2.24, 2.45) is 4.99 Å². The number of carbonyl (C=O) groups is 2. The maximum Gasteiger partial charge on any atom is 0.392 e. The van der Waals surface area contributed by atoms with Crippen LogP contribution in [0.25, 0.3) is 0 Å². The van der Waals surface area contributed by atoms with Crippen LogP contribution < -0.4 is 0 Å². The molecule has 2 fully saturated rings. The van der Waals surface area contributed by atoms with Gasteiger partial charge in [-0.1, -0.05) is 23.2 Å². The SMILES string of the molecule is CN1CC[N+](=C2N=C3C(C(=O)N(C)C(=O)N3C)N2Cc2ccccc2F)CC1. The van der Waals surface area contributed by atoms with Crippen molar-refractivity contribution in [2.75, 3.05) is 47.3 Å². The summed E-state index contributed by atoms with van der Waals surface area (Å²) < 4.78 is 16.5. The fraction of sp³-hybridized carbons (Fsp3) is 0.474. The van der Waals surface area contributed by atoms with Gasteiger partial charge in [0.25, 0.3) is 5.91 Å². The number of aliphatic imine (C=N–C) groups is 1. The molecular formula is C19H24FN6O2+. The number of carbonyl (C=O) groups excluding carboxylic acids is 2. The predicted molar refractivity (Wildman–Crippen MR) is 102 cm³/mol. The van der Waals surface area contributed by atoms with Crippen LogP contribution in [0, 0.1) is 5.82 Å². The average Bonchev–Trinajstić information content (AvgIpc) is 3.06. The van der Waals surface area contributed by atoms with E-state index in [0.717, 1.165) is 31.1 Å². The number of amidine groups is 1. The quantitative estimate of drug-likeness (QED) is 0.683. The minimum absolute atomic E-state index is 0.202. The zero-order chi connectivity index (χ0) is 20.0. The zero-order valence-electron chi connectivity index (χ0n) is 16.3. The second-order valence-electron chi connectivity index (χ2n) is 7.42. The van der Waals surface area contributed by atoms with E-state index >= 15 is 0 Å². The summed E-state index contributed by atoms with van der Waals surface area (Å²) in [4.78, 5) is 36.6. The Bertz CT molecular complexity index is 888. The number of amides is 3.